The minimum Gasteiger partial charge on any atom is -0.481 e. The minimum absolute atomic E-state index is 0.0566. The van der Waals surface area contributed by atoms with Crippen LogP contribution in [0.5, 0.6) is 0 Å². The maximum absolute atomic E-state index is 12.5. The van der Waals surface area contributed by atoms with Gasteiger partial charge in [0.15, 0.2) is 0 Å². The number of para-hydroxylation sites is 1. The summed E-state index contributed by atoms with van der Waals surface area (Å²) in [7, 11) is 0. The average Bonchev–Trinajstić information content (AvgIpc) is 2.47. The number of nitrogens with zero attached hydrogens (tertiary/aromatic N) is 2. The van der Waals surface area contributed by atoms with Crippen molar-refractivity contribution in [3.8, 4) is 0 Å². The second-order valence-corrected chi connectivity index (χ2v) is 4.91. The van der Waals surface area contributed by atoms with E-state index in [1.54, 1.807) is 24.3 Å². The van der Waals surface area contributed by atoms with Gasteiger partial charge in [0, 0.05) is 13.1 Å². The average molecular weight is 290 g/mol. The number of aliphatic carboxylic acids is 1. The fraction of sp³-hybridized carbons (Fsp3) is 0.400. The quantitative estimate of drug-likeness (QED) is 0.872. The van der Waals surface area contributed by atoms with Crippen molar-refractivity contribution < 1.29 is 9.90 Å². The first-order chi connectivity index (χ1) is 10.1. The van der Waals surface area contributed by atoms with Gasteiger partial charge in [0.2, 0.25) is 0 Å². The Hall–Kier alpha value is -2.37. The maximum Gasteiger partial charge on any atom is 0.331 e. The van der Waals surface area contributed by atoms with Crippen LogP contribution in [0.25, 0.3) is 10.9 Å². The van der Waals surface area contributed by atoms with E-state index in [-0.39, 0.29) is 18.5 Å². The van der Waals surface area contributed by atoms with Crippen LogP contribution in [0, 0.1) is 0 Å². The third-order valence-corrected chi connectivity index (χ3v) is 3.42. The first-order valence-electron chi connectivity index (χ1n) is 7.00. The van der Waals surface area contributed by atoms with Gasteiger partial charge in [-0.05, 0) is 18.6 Å². The van der Waals surface area contributed by atoms with E-state index >= 15 is 0 Å². The highest BCUT2D eigenvalue weighted by Crippen LogP contribution is 2.08. The molecule has 0 aliphatic heterocycles. The van der Waals surface area contributed by atoms with E-state index in [4.69, 9.17) is 5.11 Å². The van der Waals surface area contributed by atoms with Gasteiger partial charge in [-0.3, -0.25) is 18.7 Å². The molecule has 0 radical (unpaired) electrons. The molecule has 0 amide bonds. The lowest BCUT2D eigenvalue weighted by molar-refractivity contribution is -0.137. The Balaban J connectivity index is 2.66. The molecule has 0 aliphatic carbocycles. The number of rotatable bonds is 6. The summed E-state index contributed by atoms with van der Waals surface area (Å²) in [5, 5.41) is 9.26. The molecule has 0 bridgehead atoms. The summed E-state index contributed by atoms with van der Waals surface area (Å²) in [6.45, 7) is 2.39. The number of unbranched alkanes of at least 4 members (excludes halogenated alkanes) is 1. The Labute approximate surface area is 121 Å². The molecule has 1 heterocycles. The molecule has 2 aromatic rings. The lowest BCUT2D eigenvalue weighted by Gasteiger charge is -2.13. The summed E-state index contributed by atoms with van der Waals surface area (Å²) < 4.78 is 2.58. The zero-order valence-corrected chi connectivity index (χ0v) is 11.9. The monoisotopic (exact) mass is 290 g/mol. The second-order valence-electron chi connectivity index (χ2n) is 4.91. The zero-order chi connectivity index (χ0) is 15.4. The first kappa shape index (κ1) is 15.0. The molecular weight excluding hydrogens is 272 g/mol. The van der Waals surface area contributed by atoms with Gasteiger partial charge in [0.1, 0.15) is 0 Å². The molecule has 1 aromatic carbocycles. The minimum atomic E-state index is -0.975. The highest BCUT2D eigenvalue weighted by atomic mass is 16.4. The predicted octanol–water partition coefficient (Wildman–Crippen LogP) is 1.44. The fourth-order valence-electron chi connectivity index (χ4n) is 2.31. The lowest BCUT2D eigenvalue weighted by atomic mass is 10.2. The third-order valence-electron chi connectivity index (χ3n) is 3.42. The van der Waals surface area contributed by atoms with Gasteiger partial charge in [-0.2, -0.15) is 0 Å². The van der Waals surface area contributed by atoms with Gasteiger partial charge in [-0.1, -0.05) is 25.5 Å². The van der Waals surface area contributed by atoms with Crippen molar-refractivity contribution in [2.24, 2.45) is 0 Å². The van der Waals surface area contributed by atoms with Crippen LogP contribution in [-0.2, 0) is 17.9 Å². The van der Waals surface area contributed by atoms with Crippen LogP contribution in [-0.4, -0.2) is 20.2 Å². The van der Waals surface area contributed by atoms with Crippen LogP contribution in [0.4, 0.5) is 0 Å². The van der Waals surface area contributed by atoms with Crippen LogP contribution in [0.3, 0.4) is 0 Å². The van der Waals surface area contributed by atoms with Crippen molar-refractivity contribution in [1.82, 2.24) is 9.13 Å². The van der Waals surface area contributed by atoms with E-state index in [0.29, 0.717) is 17.4 Å². The van der Waals surface area contributed by atoms with Crippen molar-refractivity contribution in [1.29, 1.82) is 0 Å². The fourth-order valence-corrected chi connectivity index (χ4v) is 2.31. The van der Waals surface area contributed by atoms with Crippen LogP contribution in [0.1, 0.15) is 26.2 Å². The molecule has 0 saturated heterocycles. The largest absolute Gasteiger partial charge is 0.481 e. The molecule has 6 heteroatoms. The summed E-state index contributed by atoms with van der Waals surface area (Å²) in [4.78, 5) is 35.6. The van der Waals surface area contributed by atoms with E-state index in [2.05, 4.69) is 0 Å². The Morgan fingerprint density at radius 2 is 1.86 bits per heavy atom. The summed E-state index contributed by atoms with van der Waals surface area (Å²) in [5.41, 5.74) is -0.259. The van der Waals surface area contributed by atoms with Crippen LogP contribution >= 0.6 is 0 Å². The second kappa shape index (κ2) is 6.39. The molecule has 0 unspecified atom stereocenters. The van der Waals surface area contributed by atoms with E-state index in [1.165, 1.54) is 9.13 Å². The number of hydrogen-bond donors (Lipinski definition) is 1. The highest BCUT2D eigenvalue weighted by molar-refractivity contribution is 5.78. The van der Waals surface area contributed by atoms with E-state index in [1.807, 2.05) is 6.92 Å². The molecule has 2 rings (SSSR count). The molecule has 0 atom stereocenters. The Morgan fingerprint density at radius 3 is 2.52 bits per heavy atom. The zero-order valence-electron chi connectivity index (χ0n) is 11.9. The molecule has 112 valence electrons. The van der Waals surface area contributed by atoms with Gasteiger partial charge >= 0.3 is 11.7 Å². The van der Waals surface area contributed by atoms with Gasteiger partial charge < -0.3 is 5.11 Å². The van der Waals surface area contributed by atoms with Gasteiger partial charge in [0.25, 0.3) is 5.56 Å². The molecule has 0 saturated carbocycles. The first-order valence-corrected chi connectivity index (χ1v) is 7.00. The Kier molecular flexibility index (Phi) is 4.57. The van der Waals surface area contributed by atoms with Crippen molar-refractivity contribution in [3.05, 3.63) is 45.1 Å². The van der Waals surface area contributed by atoms with Crippen molar-refractivity contribution in [2.45, 2.75) is 39.3 Å². The molecule has 0 fully saturated rings. The molecule has 6 nitrogen and oxygen atoms in total. The van der Waals surface area contributed by atoms with Gasteiger partial charge in [0.05, 0.1) is 17.3 Å². The van der Waals surface area contributed by atoms with Crippen molar-refractivity contribution in [2.75, 3.05) is 0 Å². The van der Waals surface area contributed by atoms with Gasteiger partial charge in [-0.15, -0.1) is 0 Å². The molecule has 1 aromatic heterocycles. The predicted molar refractivity (Wildman–Crippen MR) is 79.6 cm³/mol. The van der Waals surface area contributed by atoms with E-state index in [9.17, 15) is 14.4 Å². The lowest BCUT2D eigenvalue weighted by Crippen LogP contribution is -2.40. The van der Waals surface area contributed by atoms with Gasteiger partial charge in [-0.25, -0.2) is 4.79 Å². The summed E-state index contributed by atoms with van der Waals surface area (Å²) in [6.07, 6.45) is 1.44. The molecule has 0 aliphatic rings. The number of benzene rings is 1. The molecule has 1 N–H and O–H groups in total. The molecular formula is C15H18N2O4. The normalized spacial score (nSPS) is 10.9. The topological polar surface area (TPSA) is 81.3 Å². The standard InChI is InChI=1S/C15H18N2O4/c1-2-3-9-17-14(20)11-6-4-5-7-12(11)16(15(17)21)10-8-13(18)19/h4-7H,2-3,8-10H2,1H3,(H,18,19). The number of carbonyl (C=O) groups is 1. The van der Waals surface area contributed by atoms with Crippen molar-refractivity contribution >= 4 is 16.9 Å². The Morgan fingerprint density at radius 1 is 1.14 bits per heavy atom. The summed E-state index contributed by atoms with van der Waals surface area (Å²) in [5.74, 6) is -0.975. The number of aryl methyl sites for hydroxylation is 1. The summed E-state index contributed by atoms with van der Waals surface area (Å²) in [6, 6.07) is 6.80. The smallest absolute Gasteiger partial charge is 0.331 e. The van der Waals surface area contributed by atoms with Crippen molar-refractivity contribution in [3.63, 3.8) is 0 Å². The number of hydrogen-bond acceptors (Lipinski definition) is 3. The maximum atomic E-state index is 12.5. The number of fused-ring (bicyclic) bond motifs is 1. The highest BCUT2D eigenvalue weighted by Gasteiger charge is 2.13. The molecule has 21 heavy (non-hydrogen) atoms. The van der Waals surface area contributed by atoms with Crippen LogP contribution in [0.15, 0.2) is 33.9 Å². The van der Waals surface area contributed by atoms with Crippen LogP contribution < -0.4 is 11.2 Å². The third kappa shape index (κ3) is 3.04. The number of carboxylic acids is 1. The SMILES string of the molecule is CCCCn1c(=O)c2ccccc2n(CCC(=O)O)c1=O. The summed E-state index contributed by atoms with van der Waals surface area (Å²) >= 11 is 0. The van der Waals surface area contributed by atoms with E-state index < -0.39 is 11.7 Å². The number of carboxylic acid groups (broad SMARTS) is 1. The van der Waals surface area contributed by atoms with E-state index in [0.717, 1.165) is 12.8 Å². The van der Waals surface area contributed by atoms with Crippen LogP contribution in [0.2, 0.25) is 0 Å². The number of aromatic nitrogens is 2. The molecule has 0 spiro atoms. The Bertz CT molecular complexity index is 773.